The second-order valence-electron chi connectivity index (χ2n) is 6.25. The first-order valence-corrected chi connectivity index (χ1v) is 9.53. The fourth-order valence-electron chi connectivity index (χ4n) is 2.96. The van der Waals surface area contributed by atoms with Crippen LogP contribution in [0.15, 0.2) is 36.2 Å². The fraction of sp³-hybridized carbons (Fsp3) is 0.167. The summed E-state index contributed by atoms with van der Waals surface area (Å²) < 4.78 is 42.7. The lowest BCUT2D eigenvalue weighted by Gasteiger charge is -2.15. The second kappa shape index (κ2) is 6.85. The van der Waals surface area contributed by atoms with E-state index >= 15 is 0 Å². The van der Waals surface area contributed by atoms with Gasteiger partial charge in [-0.05, 0) is 56.4 Å². The topological polar surface area (TPSA) is 58.9 Å². The first-order chi connectivity index (χ1) is 13.6. The van der Waals surface area contributed by atoms with Crippen LogP contribution in [0.5, 0.6) is 5.75 Å². The quantitative estimate of drug-likeness (QED) is 0.491. The van der Waals surface area contributed by atoms with Crippen molar-refractivity contribution in [1.82, 2.24) is 14.7 Å². The van der Waals surface area contributed by atoms with Crippen molar-refractivity contribution < 1.29 is 22.7 Å². The van der Waals surface area contributed by atoms with Gasteiger partial charge in [0.15, 0.2) is 10.1 Å². The standard InChI is InChI=1S/C18H13F3N4O2S2/c1-9-8-24-14(10(2)22-17(24)29-9)7-13-15(26)25(16(28)23-13)11-3-5-12(6-4-11)27-18(19,20)21/h3-8H,1-2H3,(H,23,28)/b13-7-. The van der Waals surface area contributed by atoms with Crippen molar-refractivity contribution >= 4 is 51.3 Å². The third-order valence-corrected chi connectivity index (χ3v) is 5.33. The molecule has 0 radical (unpaired) electrons. The summed E-state index contributed by atoms with van der Waals surface area (Å²) in [4.78, 5) is 20.5. The van der Waals surface area contributed by atoms with E-state index in [1.807, 2.05) is 24.4 Å². The highest BCUT2D eigenvalue weighted by Crippen LogP contribution is 2.29. The molecule has 150 valence electrons. The number of nitrogens with one attached hydrogen (secondary N) is 1. The molecule has 0 saturated carbocycles. The minimum absolute atomic E-state index is 0.130. The van der Waals surface area contributed by atoms with E-state index in [9.17, 15) is 18.0 Å². The molecule has 3 aromatic rings. The highest BCUT2D eigenvalue weighted by atomic mass is 32.1. The van der Waals surface area contributed by atoms with Gasteiger partial charge >= 0.3 is 6.36 Å². The summed E-state index contributed by atoms with van der Waals surface area (Å²) in [5.74, 6) is -0.798. The Kier molecular flexibility index (Phi) is 4.58. The number of nitrogens with zero attached hydrogens (tertiary/aromatic N) is 3. The Balaban J connectivity index is 1.63. The van der Waals surface area contributed by atoms with Crippen LogP contribution in [0, 0.1) is 13.8 Å². The molecule has 0 atom stereocenters. The predicted molar refractivity (Wildman–Crippen MR) is 107 cm³/mol. The number of aryl methyl sites for hydroxylation is 2. The number of benzene rings is 1. The average Bonchev–Trinajstić information content (AvgIpc) is 3.20. The summed E-state index contributed by atoms with van der Waals surface area (Å²) in [7, 11) is 0. The molecule has 4 rings (SSSR count). The molecule has 0 spiro atoms. The molecule has 11 heteroatoms. The average molecular weight is 438 g/mol. The van der Waals surface area contributed by atoms with Crippen LogP contribution in [0.25, 0.3) is 11.0 Å². The van der Waals surface area contributed by atoms with Gasteiger partial charge in [0, 0.05) is 11.1 Å². The van der Waals surface area contributed by atoms with Gasteiger partial charge in [-0.2, -0.15) is 0 Å². The zero-order chi connectivity index (χ0) is 20.9. The van der Waals surface area contributed by atoms with E-state index in [2.05, 4.69) is 15.0 Å². The van der Waals surface area contributed by atoms with Crippen LogP contribution in [0.1, 0.15) is 16.3 Å². The summed E-state index contributed by atoms with van der Waals surface area (Å²) >= 11 is 6.79. The minimum atomic E-state index is -4.79. The smallest absolute Gasteiger partial charge is 0.406 e. The molecule has 1 aromatic carbocycles. The van der Waals surface area contributed by atoms with Crippen LogP contribution in [0.2, 0.25) is 0 Å². The Labute approximate surface area is 172 Å². The number of rotatable bonds is 3. The molecule has 0 unspecified atom stereocenters. The molecule has 1 aliphatic rings. The van der Waals surface area contributed by atoms with Crippen LogP contribution >= 0.6 is 23.6 Å². The Hall–Kier alpha value is -2.92. The maximum Gasteiger partial charge on any atom is 0.573 e. The van der Waals surface area contributed by atoms with Gasteiger partial charge < -0.3 is 10.1 Å². The first kappa shape index (κ1) is 19.4. The largest absolute Gasteiger partial charge is 0.573 e. The molecule has 1 aliphatic heterocycles. The molecule has 1 fully saturated rings. The third kappa shape index (κ3) is 3.70. The number of amides is 1. The van der Waals surface area contributed by atoms with E-state index in [0.717, 1.165) is 33.4 Å². The van der Waals surface area contributed by atoms with Crippen molar-refractivity contribution in [3.8, 4) is 5.75 Å². The number of ether oxygens (including phenoxy) is 1. The number of thiocarbonyl (C=S) groups is 1. The van der Waals surface area contributed by atoms with E-state index in [4.69, 9.17) is 12.2 Å². The zero-order valence-electron chi connectivity index (χ0n) is 15.1. The van der Waals surface area contributed by atoms with E-state index < -0.39 is 12.3 Å². The molecule has 1 amide bonds. The lowest BCUT2D eigenvalue weighted by Crippen LogP contribution is -2.30. The van der Waals surface area contributed by atoms with Gasteiger partial charge in [0.2, 0.25) is 0 Å². The van der Waals surface area contributed by atoms with Gasteiger partial charge in [0.25, 0.3) is 5.91 Å². The zero-order valence-corrected chi connectivity index (χ0v) is 16.7. The summed E-state index contributed by atoms with van der Waals surface area (Å²) in [5, 5.41) is 2.99. The number of carbonyl (C=O) groups excluding carboxylic acids is 1. The van der Waals surface area contributed by atoms with Crippen LogP contribution in [0.4, 0.5) is 18.9 Å². The molecule has 1 N–H and O–H groups in total. The fourth-order valence-corrected chi connectivity index (χ4v) is 4.13. The predicted octanol–water partition coefficient (Wildman–Crippen LogP) is 4.17. The highest BCUT2D eigenvalue weighted by Gasteiger charge is 2.34. The Morgan fingerprint density at radius 1 is 1.24 bits per heavy atom. The monoisotopic (exact) mass is 438 g/mol. The number of alkyl halides is 3. The number of hydrogen-bond donors (Lipinski definition) is 1. The lowest BCUT2D eigenvalue weighted by molar-refractivity contribution is -0.274. The van der Waals surface area contributed by atoms with E-state index in [0.29, 0.717) is 5.69 Å². The second-order valence-corrected chi connectivity index (χ2v) is 7.85. The van der Waals surface area contributed by atoms with Crippen LogP contribution in [0.3, 0.4) is 0 Å². The summed E-state index contributed by atoms with van der Waals surface area (Å²) in [6.45, 7) is 3.81. The van der Waals surface area contributed by atoms with Crippen molar-refractivity contribution in [1.29, 1.82) is 0 Å². The van der Waals surface area contributed by atoms with Crippen molar-refractivity contribution in [2.45, 2.75) is 20.2 Å². The third-order valence-electron chi connectivity index (χ3n) is 4.15. The summed E-state index contributed by atoms with van der Waals surface area (Å²) in [6.07, 6.45) is -1.19. The van der Waals surface area contributed by atoms with Crippen molar-refractivity contribution in [2.75, 3.05) is 4.90 Å². The molecule has 1 saturated heterocycles. The summed E-state index contributed by atoms with van der Waals surface area (Å²) in [6, 6.07) is 4.92. The number of anilines is 1. The molecule has 29 heavy (non-hydrogen) atoms. The number of carbonyl (C=O) groups is 1. The number of thiazole rings is 1. The van der Waals surface area contributed by atoms with Crippen LogP contribution < -0.4 is 15.0 Å². The van der Waals surface area contributed by atoms with Crippen LogP contribution in [-0.4, -0.2) is 26.8 Å². The number of hydrogen-bond acceptors (Lipinski definition) is 5. The Morgan fingerprint density at radius 3 is 2.59 bits per heavy atom. The van der Waals surface area contributed by atoms with E-state index in [1.54, 1.807) is 6.08 Å². The van der Waals surface area contributed by atoms with Gasteiger partial charge in [0.05, 0.1) is 17.1 Å². The SMILES string of the molecule is Cc1cn2c(/C=C3\NC(=S)N(c4ccc(OC(F)(F)F)cc4)C3=O)c(C)nc2s1. The van der Waals surface area contributed by atoms with Gasteiger partial charge in [-0.1, -0.05) is 0 Å². The van der Waals surface area contributed by atoms with Crippen molar-refractivity contribution in [3.05, 3.63) is 52.4 Å². The van der Waals surface area contributed by atoms with Gasteiger partial charge in [0.1, 0.15) is 11.4 Å². The molecular weight excluding hydrogens is 425 g/mol. The number of fused-ring (bicyclic) bond motifs is 1. The van der Waals surface area contributed by atoms with Crippen molar-refractivity contribution in [3.63, 3.8) is 0 Å². The van der Waals surface area contributed by atoms with E-state index in [-0.39, 0.29) is 16.6 Å². The molecule has 0 aliphatic carbocycles. The number of halogens is 3. The number of aromatic nitrogens is 2. The maximum absolute atomic E-state index is 12.9. The maximum atomic E-state index is 12.9. The Morgan fingerprint density at radius 2 is 1.93 bits per heavy atom. The van der Waals surface area contributed by atoms with Crippen LogP contribution in [-0.2, 0) is 4.79 Å². The summed E-state index contributed by atoms with van der Waals surface area (Å²) in [5.41, 5.74) is 2.08. The number of imidazole rings is 1. The normalized spacial score (nSPS) is 16.2. The van der Waals surface area contributed by atoms with Gasteiger partial charge in [-0.3, -0.25) is 14.1 Å². The van der Waals surface area contributed by atoms with Gasteiger partial charge in [-0.15, -0.1) is 24.5 Å². The van der Waals surface area contributed by atoms with Crippen molar-refractivity contribution in [2.24, 2.45) is 0 Å². The molecular formula is C18H13F3N4O2S2. The first-order valence-electron chi connectivity index (χ1n) is 8.30. The molecule has 2 aromatic heterocycles. The molecule has 6 nitrogen and oxygen atoms in total. The van der Waals surface area contributed by atoms with Gasteiger partial charge in [-0.25, -0.2) is 4.98 Å². The highest BCUT2D eigenvalue weighted by molar-refractivity contribution is 7.80. The Bertz CT molecular complexity index is 1160. The molecule has 0 bridgehead atoms. The molecule has 3 heterocycles. The lowest BCUT2D eigenvalue weighted by atomic mass is 10.2. The van der Waals surface area contributed by atoms with E-state index in [1.165, 1.54) is 28.4 Å². The minimum Gasteiger partial charge on any atom is -0.406 e.